The zero-order valence-corrected chi connectivity index (χ0v) is 20.7. The minimum absolute atomic E-state index is 0. The molecular formula is C18H23Cl2IN4O2S. The Morgan fingerprint density at radius 2 is 2.11 bits per heavy atom. The molecule has 154 valence electrons. The quantitative estimate of drug-likeness (QED) is 0.227. The van der Waals surface area contributed by atoms with E-state index >= 15 is 0 Å². The summed E-state index contributed by atoms with van der Waals surface area (Å²) in [5, 5.41) is 8.43. The molecule has 2 N–H and O–H groups in total. The highest BCUT2D eigenvalue weighted by Gasteiger charge is 2.20. The van der Waals surface area contributed by atoms with Crippen molar-refractivity contribution in [3.63, 3.8) is 0 Å². The Kier molecular flexibility index (Phi) is 10.5. The van der Waals surface area contributed by atoms with Gasteiger partial charge in [0.05, 0.1) is 18.3 Å². The number of hydrogen-bond acceptors (Lipinski definition) is 5. The van der Waals surface area contributed by atoms with Crippen LogP contribution in [0.3, 0.4) is 0 Å². The molecule has 2 rings (SSSR count). The highest BCUT2D eigenvalue weighted by Crippen LogP contribution is 2.24. The van der Waals surface area contributed by atoms with E-state index in [2.05, 4.69) is 20.6 Å². The summed E-state index contributed by atoms with van der Waals surface area (Å²) >= 11 is 13.4. The monoisotopic (exact) mass is 556 g/mol. The van der Waals surface area contributed by atoms with Crippen LogP contribution in [0.4, 0.5) is 0 Å². The van der Waals surface area contributed by atoms with Gasteiger partial charge in [0.25, 0.3) is 0 Å². The Morgan fingerprint density at radius 1 is 1.39 bits per heavy atom. The fraction of sp³-hybridized carbons (Fsp3) is 0.389. The maximum absolute atomic E-state index is 12.0. The third-order valence-electron chi connectivity index (χ3n) is 3.68. The number of carbonyl (C=O) groups is 1. The number of nitrogens with zero attached hydrogens (tertiary/aromatic N) is 2. The van der Waals surface area contributed by atoms with Gasteiger partial charge >= 0.3 is 5.97 Å². The van der Waals surface area contributed by atoms with Crippen LogP contribution in [0.2, 0.25) is 10.0 Å². The number of esters is 1. The summed E-state index contributed by atoms with van der Waals surface area (Å²) in [6, 6.07) is 5.22. The van der Waals surface area contributed by atoms with Crippen LogP contribution in [-0.2, 0) is 11.3 Å². The van der Waals surface area contributed by atoms with Crippen LogP contribution in [0, 0.1) is 6.92 Å². The molecule has 0 fully saturated rings. The van der Waals surface area contributed by atoms with Gasteiger partial charge in [0, 0.05) is 23.6 Å². The van der Waals surface area contributed by atoms with Gasteiger partial charge in [0.2, 0.25) is 0 Å². The van der Waals surface area contributed by atoms with E-state index in [1.807, 2.05) is 13.0 Å². The topological polar surface area (TPSA) is 75.6 Å². The second kappa shape index (κ2) is 11.8. The van der Waals surface area contributed by atoms with Crippen molar-refractivity contribution in [2.24, 2.45) is 4.99 Å². The van der Waals surface area contributed by atoms with Gasteiger partial charge in [0.15, 0.2) is 5.96 Å². The molecule has 0 aliphatic heterocycles. The summed E-state index contributed by atoms with van der Waals surface area (Å²) in [6.07, 6.45) is 0. The van der Waals surface area contributed by atoms with Gasteiger partial charge in [-0.3, -0.25) is 4.99 Å². The molecule has 28 heavy (non-hydrogen) atoms. The molecule has 1 aromatic carbocycles. The molecule has 0 saturated carbocycles. The number of hydrogen-bond donors (Lipinski definition) is 2. The molecule has 0 amide bonds. The van der Waals surface area contributed by atoms with Crippen molar-refractivity contribution in [1.82, 2.24) is 15.6 Å². The lowest BCUT2D eigenvalue weighted by molar-refractivity contribution is 0.0531. The first-order chi connectivity index (χ1) is 12.8. The van der Waals surface area contributed by atoms with Crippen molar-refractivity contribution in [2.75, 3.05) is 13.7 Å². The maximum Gasteiger partial charge on any atom is 0.350 e. The van der Waals surface area contributed by atoms with Crippen LogP contribution in [0.5, 0.6) is 0 Å². The Balaban J connectivity index is 0.00000392. The third kappa shape index (κ3) is 6.75. The second-order valence-electron chi connectivity index (χ2n) is 5.71. The summed E-state index contributed by atoms with van der Waals surface area (Å²) in [7, 11) is 1.68. The van der Waals surface area contributed by atoms with Crippen LogP contribution in [0.25, 0.3) is 0 Å². The number of aryl methyl sites for hydroxylation is 1. The van der Waals surface area contributed by atoms with Crippen LogP contribution in [0.1, 0.15) is 45.8 Å². The molecule has 0 bridgehead atoms. The molecule has 1 aromatic heterocycles. The molecule has 2 aromatic rings. The number of guanidine groups is 1. The smallest absolute Gasteiger partial charge is 0.350 e. The molecule has 0 radical (unpaired) electrons. The van der Waals surface area contributed by atoms with E-state index in [9.17, 15) is 4.79 Å². The zero-order chi connectivity index (χ0) is 20.0. The highest BCUT2D eigenvalue weighted by molar-refractivity contribution is 14.0. The van der Waals surface area contributed by atoms with Crippen molar-refractivity contribution in [2.45, 2.75) is 33.4 Å². The first-order valence-corrected chi connectivity index (χ1v) is 9.98. The normalized spacial score (nSPS) is 12.1. The molecule has 1 atom stereocenters. The van der Waals surface area contributed by atoms with Crippen molar-refractivity contribution in [3.05, 3.63) is 49.4 Å². The fourth-order valence-electron chi connectivity index (χ4n) is 2.29. The van der Waals surface area contributed by atoms with E-state index in [1.54, 1.807) is 33.0 Å². The van der Waals surface area contributed by atoms with Crippen LogP contribution in [0.15, 0.2) is 23.2 Å². The van der Waals surface area contributed by atoms with Gasteiger partial charge in [-0.25, -0.2) is 9.78 Å². The molecule has 1 heterocycles. The minimum atomic E-state index is -0.342. The van der Waals surface area contributed by atoms with Crippen LogP contribution >= 0.6 is 58.5 Å². The average Bonchev–Trinajstić information content (AvgIpc) is 3.02. The fourth-order valence-corrected chi connectivity index (χ4v) is 3.73. The lowest BCUT2D eigenvalue weighted by Crippen LogP contribution is -2.38. The predicted octanol–water partition coefficient (Wildman–Crippen LogP) is 4.98. The van der Waals surface area contributed by atoms with Crippen LogP contribution < -0.4 is 10.6 Å². The SMILES string of the molecule is CCOC(=O)c1sc(C(C)NC(=NC)NCc2ccc(Cl)cc2Cl)nc1C.I. The number of aromatic nitrogens is 1. The summed E-state index contributed by atoms with van der Waals surface area (Å²) in [5.41, 5.74) is 1.57. The predicted molar refractivity (Wildman–Crippen MR) is 126 cm³/mol. The van der Waals surface area contributed by atoms with E-state index in [4.69, 9.17) is 27.9 Å². The molecule has 10 heteroatoms. The van der Waals surface area contributed by atoms with Crippen LogP contribution in [-0.4, -0.2) is 30.6 Å². The first kappa shape index (κ1) is 24.9. The Hall–Kier alpha value is -1.10. The number of nitrogens with one attached hydrogen (secondary N) is 2. The van der Waals surface area contributed by atoms with E-state index in [1.165, 1.54) is 11.3 Å². The zero-order valence-electron chi connectivity index (χ0n) is 16.0. The van der Waals surface area contributed by atoms with E-state index in [0.717, 1.165) is 10.6 Å². The molecular weight excluding hydrogens is 534 g/mol. The van der Waals surface area contributed by atoms with Gasteiger partial charge in [-0.2, -0.15) is 0 Å². The molecule has 0 spiro atoms. The number of benzene rings is 1. The lowest BCUT2D eigenvalue weighted by Gasteiger charge is -2.16. The number of aliphatic imine (C=N–C) groups is 1. The summed E-state index contributed by atoms with van der Waals surface area (Å²) < 4.78 is 5.06. The van der Waals surface area contributed by atoms with Gasteiger partial charge in [-0.15, -0.1) is 35.3 Å². The number of ether oxygens (including phenoxy) is 1. The summed E-state index contributed by atoms with van der Waals surface area (Å²) in [5.74, 6) is 0.255. The average molecular weight is 557 g/mol. The molecule has 0 aliphatic carbocycles. The van der Waals surface area contributed by atoms with E-state index in [0.29, 0.717) is 39.7 Å². The molecule has 6 nitrogen and oxygen atoms in total. The number of carbonyl (C=O) groups excluding carboxylic acids is 1. The number of thiazole rings is 1. The van der Waals surface area contributed by atoms with E-state index in [-0.39, 0.29) is 36.0 Å². The number of halogens is 3. The van der Waals surface area contributed by atoms with Gasteiger partial charge < -0.3 is 15.4 Å². The van der Waals surface area contributed by atoms with Gasteiger partial charge in [-0.1, -0.05) is 29.3 Å². The summed E-state index contributed by atoms with van der Waals surface area (Å²) in [4.78, 5) is 21.2. The first-order valence-electron chi connectivity index (χ1n) is 8.41. The largest absolute Gasteiger partial charge is 0.462 e. The highest BCUT2D eigenvalue weighted by atomic mass is 127. The molecule has 0 saturated heterocycles. The van der Waals surface area contributed by atoms with E-state index < -0.39 is 0 Å². The molecule has 1 unspecified atom stereocenters. The Morgan fingerprint density at radius 3 is 2.71 bits per heavy atom. The molecule has 0 aliphatic rings. The lowest BCUT2D eigenvalue weighted by atomic mass is 10.2. The Bertz CT molecular complexity index is 845. The minimum Gasteiger partial charge on any atom is -0.462 e. The van der Waals surface area contributed by atoms with Gasteiger partial charge in [0.1, 0.15) is 9.88 Å². The third-order valence-corrected chi connectivity index (χ3v) is 5.59. The van der Waals surface area contributed by atoms with Crippen molar-refractivity contribution in [1.29, 1.82) is 0 Å². The number of rotatable bonds is 6. The van der Waals surface area contributed by atoms with Gasteiger partial charge in [-0.05, 0) is 38.5 Å². The maximum atomic E-state index is 12.0. The second-order valence-corrected chi connectivity index (χ2v) is 7.59. The standard InChI is InChI=1S/C18H22Cl2N4O2S.HI/c1-5-26-17(25)15-10(2)23-16(27-15)11(3)24-18(21-4)22-9-12-6-7-13(19)8-14(12)20;/h6-8,11H,5,9H2,1-4H3,(H2,21,22,24);1H. The Labute approximate surface area is 196 Å². The van der Waals surface area contributed by atoms with Crippen molar-refractivity contribution >= 4 is 70.4 Å². The van der Waals surface area contributed by atoms with Crippen molar-refractivity contribution < 1.29 is 9.53 Å². The van der Waals surface area contributed by atoms with Crippen molar-refractivity contribution in [3.8, 4) is 0 Å². The summed E-state index contributed by atoms with van der Waals surface area (Å²) in [6.45, 7) is 6.36.